The smallest absolute Gasteiger partial charge is 0.432 e. The fourth-order valence-corrected chi connectivity index (χ4v) is 5.07. The number of para-hydroxylation sites is 1. The molecule has 2 aromatic carbocycles. The third kappa shape index (κ3) is 4.97. The highest BCUT2D eigenvalue weighted by Gasteiger charge is 2.33. The number of amides is 4. The Hall–Kier alpha value is -4.61. The van der Waals surface area contributed by atoms with E-state index in [2.05, 4.69) is 15.7 Å². The number of aromatic nitrogens is 2. The number of nitrogens with one attached hydrogen (secondary N) is 2. The quantitative estimate of drug-likeness (QED) is 0.439. The number of urea groups is 2. The van der Waals surface area contributed by atoms with Crippen LogP contribution in [-0.2, 0) is 22.5 Å². The summed E-state index contributed by atoms with van der Waals surface area (Å²) < 4.78 is 5.78. The number of esters is 1. The molecule has 1 unspecified atom stereocenters. The van der Waals surface area contributed by atoms with Gasteiger partial charge in [0.2, 0.25) is 0 Å². The van der Waals surface area contributed by atoms with Crippen molar-refractivity contribution in [3.05, 3.63) is 59.8 Å². The van der Waals surface area contributed by atoms with Crippen molar-refractivity contribution in [1.29, 1.82) is 0 Å². The second kappa shape index (κ2) is 10.4. The van der Waals surface area contributed by atoms with Gasteiger partial charge in [-0.25, -0.2) is 19.2 Å². The largest absolute Gasteiger partial charge is 0.467 e. The number of rotatable bonds is 5. The lowest BCUT2D eigenvalue weighted by molar-refractivity contribution is -0.142. The van der Waals surface area contributed by atoms with Crippen LogP contribution in [0.1, 0.15) is 24.0 Å². The molecule has 2 aliphatic heterocycles. The maximum atomic E-state index is 13.1. The van der Waals surface area contributed by atoms with E-state index >= 15 is 0 Å². The Morgan fingerprint density at radius 2 is 1.95 bits per heavy atom. The minimum absolute atomic E-state index is 0.00209. The molecule has 0 spiro atoms. The lowest BCUT2D eigenvalue weighted by Crippen LogP contribution is -2.54. The van der Waals surface area contributed by atoms with Crippen LogP contribution in [-0.4, -0.2) is 81.1 Å². The summed E-state index contributed by atoms with van der Waals surface area (Å²) in [6, 6.07) is 11.3. The number of hydrogen-bond donors (Lipinski definition) is 3. The molecular formula is C26H28N6O6. The molecule has 2 aliphatic rings. The number of carboxylic acid groups (broad SMARTS) is 1. The predicted octanol–water partition coefficient (Wildman–Crippen LogP) is 2.87. The van der Waals surface area contributed by atoms with Gasteiger partial charge in [0.05, 0.1) is 18.8 Å². The Labute approximate surface area is 218 Å². The average Bonchev–Trinajstić information content (AvgIpc) is 3.35. The van der Waals surface area contributed by atoms with E-state index < -0.39 is 18.1 Å². The standard InChI is InChI=1S/C26H28N6O6/c1-38-23(33)21(13-16-6-7-22-18(12-16)14-27-32(22)26(36)37)29-24(34)30-10-8-19(9-11-30)31-15-17-4-2-3-5-20(17)28-25(31)35/h2-7,12,14,19,21H,8-11,13,15H2,1H3,(H,28,35)(H,29,34)(H,36,37). The van der Waals surface area contributed by atoms with Crippen LogP contribution in [0.25, 0.3) is 10.9 Å². The molecule has 12 heteroatoms. The van der Waals surface area contributed by atoms with Crippen LogP contribution >= 0.6 is 0 Å². The van der Waals surface area contributed by atoms with Gasteiger partial charge >= 0.3 is 24.1 Å². The van der Waals surface area contributed by atoms with Crippen molar-refractivity contribution < 1.29 is 29.0 Å². The van der Waals surface area contributed by atoms with Crippen LogP contribution in [0, 0.1) is 0 Å². The van der Waals surface area contributed by atoms with Crippen molar-refractivity contribution in [3.63, 3.8) is 0 Å². The number of carbonyl (C=O) groups excluding carboxylic acids is 3. The van der Waals surface area contributed by atoms with Crippen molar-refractivity contribution in [2.75, 3.05) is 25.5 Å². The molecule has 0 saturated carbocycles. The molecule has 1 fully saturated rings. The molecular weight excluding hydrogens is 492 g/mol. The van der Waals surface area contributed by atoms with Crippen molar-refractivity contribution in [1.82, 2.24) is 24.9 Å². The van der Waals surface area contributed by atoms with Crippen LogP contribution in [0.3, 0.4) is 0 Å². The number of fused-ring (bicyclic) bond motifs is 2. The third-order valence-electron chi connectivity index (χ3n) is 7.09. The van der Waals surface area contributed by atoms with Gasteiger partial charge < -0.3 is 30.3 Å². The topological polar surface area (TPSA) is 146 Å². The molecule has 198 valence electrons. The molecule has 38 heavy (non-hydrogen) atoms. The molecule has 12 nitrogen and oxygen atoms in total. The monoisotopic (exact) mass is 520 g/mol. The van der Waals surface area contributed by atoms with Gasteiger partial charge in [-0.1, -0.05) is 24.3 Å². The molecule has 1 saturated heterocycles. The lowest BCUT2D eigenvalue weighted by Gasteiger charge is -2.40. The fraction of sp³-hybridized carbons (Fsp3) is 0.346. The zero-order chi connectivity index (χ0) is 26.8. The zero-order valence-electron chi connectivity index (χ0n) is 20.8. The van der Waals surface area contributed by atoms with Crippen LogP contribution in [0.2, 0.25) is 0 Å². The van der Waals surface area contributed by atoms with Crippen molar-refractivity contribution in [2.24, 2.45) is 0 Å². The number of methoxy groups -OCH3 is 1. The lowest BCUT2D eigenvalue weighted by atomic mass is 10.0. The van der Waals surface area contributed by atoms with E-state index in [0.717, 1.165) is 15.9 Å². The Morgan fingerprint density at radius 3 is 2.68 bits per heavy atom. The first-order valence-electron chi connectivity index (χ1n) is 12.3. The number of nitrogens with zero attached hydrogens (tertiary/aromatic N) is 4. The van der Waals surface area contributed by atoms with Crippen LogP contribution < -0.4 is 10.6 Å². The average molecular weight is 521 g/mol. The van der Waals surface area contributed by atoms with Gasteiger partial charge in [0, 0.05) is 43.2 Å². The minimum atomic E-state index is -1.19. The van der Waals surface area contributed by atoms with E-state index in [9.17, 15) is 24.3 Å². The van der Waals surface area contributed by atoms with Crippen LogP contribution in [0.15, 0.2) is 48.7 Å². The molecule has 3 aromatic rings. The molecule has 0 aliphatic carbocycles. The number of piperidine rings is 1. The summed E-state index contributed by atoms with van der Waals surface area (Å²) in [6.45, 7) is 1.41. The first-order valence-corrected chi connectivity index (χ1v) is 12.3. The number of anilines is 1. The summed E-state index contributed by atoms with van der Waals surface area (Å²) >= 11 is 0. The molecule has 0 radical (unpaired) electrons. The van der Waals surface area contributed by atoms with Crippen LogP contribution in [0.4, 0.5) is 20.1 Å². The van der Waals surface area contributed by atoms with Gasteiger partial charge in [-0.3, -0.25) is 0 Å². The van der Waals surface area contributed by atoms with Gasteiger partial charge in [-0.15, -0.1) is 0 Å². The van der Waals surface area contributed by atoms with E-state index in [4.69, 9.17) is 4.74 Å². The normalized spacial score (nSPS) is 16.5. The van der Waals surface area contributed by atoms with E-state index in [1.807, 2.05) is 29.2 Å². The first-order chi connectivity index (χ1) is 18.3. The fourth-order valence-electron chi connectivity index (χ4n) is 5.07. The van der Waals surface area contributed by atoms with Crippen molar-refractivity contribution in [3.8, 4) is 0 Å². The van der Waals surface area contributed by atoms with Crippen molar-refractivity contribution in [2.45, 2.75) is 37.9 Å². The first kappa shape index (κ1) is 25.1. The van der Waals surface area contributed by atoms with Crippen LogP contribution in [0.5, 0.6) is 0 Å². The highest BCUT2D eigenvalue weighted by molar-refractivity contribution is 5.92. The number of ether oxygens (including phenoxy) is 1. The number of carbonyl (C=O) groups is 4. The van der Waals surface area contributed by atoms with Gasteiger partial charge in [-0.05, 0) is 42.2 Å². The molecule has 1 atom stereocenters. The van der Waals surface area contributed by atoms with Gasteiger partial charge in [0.15, 0.2) is 0 Å². The molecule has 5 rings (SSSR count). The SMILES string of the molecule is COC(=O)C(Cc1ccc2c(cnn2C(=O)O)c1)NC(=O)N1CCC(N2Cc3ccccc3NC2=O)CC1. The van der Waals surface area contributed by atoms with E-state index in [-0.39, 0.29) is 24.5 Å². The maximum Gasteiger partial charge on any atom is 0.432 e. The zero-order valence-corrected chi connectivity index (χ0v) is 20.8. The second-order valence-corrected chi connectivity index (χ2v) is 9.39. The third-order valence-corrected chi connectivity index (χ3v) is 7.09. The molecule has 3 heterocycles. The highest BCUT2D eigenvalue weighted by atomic mass is 16.5. The Morgan fingerprint density at radius 1 is 1.18 bits per heavy atom. The number of likely N-dealkylation sites (tertiary alicyclic amines) is 1. The Balaban J connectivity index is 1.20. The highest BCUT2D eigenvalue weighted by Crippen LogP contribution is 2.27. The Bertz CT molecular complexity index is 1400. The number of hydrogen-bond acceptors (Lipinski definition) is 6. The van der Waals surface area contributed by atoms with Crippen molar-refractivity contribution >= 4 is 40.7 Å². The molecule has 4 amide bonds. The summed E-state index contributed by atoms with van der Waals surface area (Å²) in [5.41, 5.74) is 3.03. The summed E-state index contributed by atoms with van der Waals surface area (Å²) in [6.07, 6.45) is 1.65. The summed E-state index contributed by atoms with van der Waals surface area (Å²) in [7, 11) is 1.26. The summed E-state index contributed by atoms with van der Waals surface area (Å²) in [5.74, 6) is -0.585. The molecule has 1 aromatic heterocycles. The summed E-state index contributed by atoms with van der Waals surface area (Å²) in [4.78, 5) is 52.9. The minimum Gasteiger partial charge on any atom is -0.467 e. The van der Waals surface area contributed by atoms with Gasteiger partial charge in [-0.2, -0.15) is 9.78 Å². The van der Waals surface area contributed by atoms with E-state index in [1.165, 1.54) is 13.3 Å². The summed E-state index contributed by atoms with van der Waals surface area (Å²) in [5, 5.41) is 19.4. The van der Waals surface area contributed by atoms with E-state index in [0.29, 0.717) is 48.9 Å². The number of benzene rings is 2. The maximum absolute atomic E-state index is 13.1. The second-order valence-electron chi connectivity index (χ2n) is 9.39. The van der Waals surface area contributed by atoms with E-state index in [1.54, 1.807) is 23.1 Å². The van der Waals surface area contributed by atoms with Gasteiger partial charge in [0.1, 0.15) is 6.04 Å². The molecule has 0 bridgehead atoms. The predicted molar refractivity (Wildman–Crippen MR) is 137 cm³/mol. The van der Waals surface area contributed by atoms with Gasteiger partial charge in [0.25, 0.3) is 0 Å². The Kier molecular flexibility index (Phi) is 6.86. The molecule has 3 N–H and O–H groups in total.